The zero-order valence-electron chi connectivity index (χ0n) is 16.1. The maximum atomic E-state index is 13.8. The molecule has 0 unspecified atom stereocenters. The molecule has 3 rings (SSSR count). The summed E-state index contributed by atoms with van der Waals surface area (Å²) in [6.45, 7) is 7.79. The average molecular weight is 410 g/mol. The summed E-state index contributed by atoms with van der Waals surface area (Å²) < 4.78 is 52.2. The molecule has 2 aromatic carbocycles. The van der Waals surface area contributed by atoms with Gasteiger partial charge in [0.25, 0.3) is 0 Å². The average Bonchev–Trinajstić information content (AvgIpc) is 3.06. The lowest BCUT2D eigenvalue weighted by molar-refractivity contribution is -0.137. The van der Waals surface area contributed by atoms with Crippen LogP contribution in [-0.2, 0) is 12.7 Å². The van der Waals surface area contributed by atoms with Crippen molar-refractivity contribution >= 4 is 17.0 Å². The highest BCUT2D eigenvalue weighted by molar-refractivity contribution is 7.12. The summed E-state index contributed by atoms with van der Waals surface area (Å²) in [6.07, 6.45) is -4.44. The lowest BCUT2D eigenvalue weighted by atomic mass is 10.1. The molecule has 0 saturated heterocycles. The van der Waals surface area contributed by atoms with Crippen molar-refractivity contribution in [2.45, 2.75) is 40.4 Å². The van der Waals surface area contributed by atoms with Gasteiger partial charge in [-0.1, -0.05) is 38.1 Å². The smallest absolute Gasteiger partial charge is 0.381 e. The van der Waals surface area contributed by atoms with Crippen LogP contribution < -0.4 is 5.32 Å². The van der Waals surface area contributed by atoms with Crippen LogP contribution in [0.1, 0.15) is 34.9 Å². The van der Waals surface area contributed by atoms with Crippen LogP contribution in [0.5, 0.6) is 0 Å². The Balaban J connectivity index is 0.00000136. The zero-order chi connectivity index (χ0) is 20.9. The van der Waals surface area contributed by atoms with Crippen molar-refractivity contribution in [1.82, 2.24) is 4.98 Å². The van der Waals surface area contributed by atoms with Crippen molar-refractivity contribution < 1.29 is 17.6 Å². The van der Waals surface area contributed by atoms with Crippen molar-refractivity contribution in [3.05, 3.63) is 69.3 Å². The van der Waals surface area contributed by atoms with Gasteiger partial charge >= 0.3 is 6.18 Å². The maximum Gasteiger partial charge on any atom is 0.443 e. The number of hydrogen-bond donors (Lipinski definition) is 1. The summed E-state index contributed by atoms with van der Waals surface area (Å²) in [5.74, 6) is -0.271. The lowest BCUT2D eigenvalue weighted by Gasteiger charge is -2.10. The maximum absolute atomic E-state index is 13.8. The summed E-state index contributed by atoms with van der Waals surface area (Å²) in [5, 5.41) is 2.28. The van der Waals surface area contributed by atoms with Crippen molar-refractivity contribution in [3.63, 3.8) is 0 Å². The van der Waals surface area contributed by atoms with Gasteiger partial charge in [0.2, 0.25) is 0 Å². The predicted octanol–water partition coefficient (Wildman–Crippen LogP) is 7.22. The molecule has 28 heavy (non-hydrogen) atoms. The van der Waals surface area contributed by atoms with Gasteiger partial charge in [-0.2, -0.15) is 13.2 Å². The third kappa shape index (κ3) is 5.10. The Kier molecular flexibility index (Phi) is 7.18. The molecule has 0 spiro atoms. The topological polar surface area (TPSA) is 24.9 Å². The lowest BCUT2D eigenvalue weighted by Crippen LogP contribution is -2.04. The van der Waals surface area contributed by atoms with Crippen LogP contribution in [0.25, 0.3) is 11.3 Å². The highest BCUT2D eigenvalue weighted by Gasteiger charge is 2.35. The number of hydrogen-bond acceptors (Lipinski definition) is 3. The molecule has 7 heteroatoms. The van der Waals surface area contributed by atoms with Crippen molar-refractivity contribution in [2.24, 2.45) is 0 Å². The van der Waals surface area contributed by atoms with Gasteiger partial charge in [-0.05, 0) is 37.6 Å². The molecule has 0 aliphatic rings. The van der Waals surface area contributed by atoms with E-state index in [0.717, 1.165) is 11.3 Å². The molecular weight excluding hydrogens is 388 g/mol. The normalized spacial score (nSPS) is 11.0. The molecule has 0 amide bonds. The Morgan fingerprint density at radius 3 is 2.18 bits per heavy atom. The highest BCUT2D eigenvalue weighted by Crippen LogP contribution is 2.37. The van der Waals surface area contributed by atoms with Crippen LogP contribution in [0.4, 0.5) is 23.2 Å². The first kappa shape index (κ1) is 21.9. The zero-order valence-corrected chi connectivity index (χ0v) is 16.9. The Labute approximate surface area is 166 Å². The predicted molar refractivity (Wildman–Crippen MR) is 107 cm³/mol. The van der Waals surface area contributed by atoms with Gasteiger partial charge in [-0.15, -0.1) is 11.3 Å². The second-order valence-electron chi connectivity index (χ2n) is 5.89. The highest BCUT2D eigenvalue weighted by atomic mass is 32.1. The molecule has 1 aromatic heterocycles. The molecule has 1 N–H and O–H groups in total. The third-order valence-corrected chi connectivity index (χ3v) is 5.04. The molecule has 0 atom stereocenters. The van der Waals surface area contributed by atoms with E-state index in [9.17, 15) is 17.6 Å². The Bertz CT molecular complexity index is 895. The molecule has 2 nitrogen and oxygen atoms in total. The van der Waals surface area contributed by atoms with E-state index in [4.69, 9.17) is 0 Å². The van der Waals surface area contributed by atoms with E-state index in [1.54, 1.807) is 37.3 Å². The minimum Gasteiger partial charge on any atom is -0.381 e. The van der Waals surface area contributed by atoms with Gasteiger partial charge in [-0.3, -0.25) is 0 Å². The first-order valence-electron chi connectivity index (χ1n) is 8.88. The Hall–Kier alpha value is -2.41. The fourth-order valence-corrected chi connectivity index (χ4v) is 3.42. The van der Waals surface area contributed by atoms with E-state index in [1.165, 1.54) is 6.07 Å². The number of alkyl halides is 3. The summed E-state index contributed by atoms with van der Waals surface area (Å²) in [7, 11) is 0. The Morgan fingerprint density at radius 1 is 1.00 bits per heavy atom. The van der Waals surface area contributed by atoms with Crippen LogP contribution in [0.3, 0.4) is 0 Å². The van der Waals surface area contributed by atoms with Gasteiger partial charge in [0, 0.05) is 28.2 Å². The second-order valence-corrected chi connectivity index (χ2v) is 7.09. The minimum absolute atomic E-state index is 0.271. The number of anilines is 1. The molecule has 0 bridgehead atoms. The first-order valence-corrected chi connectivity index (χ1v) is 9.70. The fourth-order valence-electron chi connectivity index (χ4n) is 2.61. The molecule has 150 valence electrons. The van der Waals surface area contributed by atoms with Crippen molar-refractivity contribution in [1.29, 1.82) is 0 Å². The van der Waals surface area contributed by atoms with E-state index in [0.29, 0.717) is 39.6 Å². The van der Waals surface area contributed by atoms with Gasteiger partial charge in [-0.25, -0.2) is 9.37 Å². The number of benzene rings is 2. The summed E-state index contributed by atoms with van der Waals surface area (Å²) >= 11 is 0.638. The van der Waals surface area contributed by atoms with E-state index >= 15 is 0 Å². The molecule has 0 radical (unpaired) electrons. The standard InChI is InChI=1S/C19H16F4N2S.C2H6/c1-11-4-3-5-16(20)15(11)10-24-14-8-6-13(7-9-14)17-12(2)26-18(25-17)19(21,22)23;1-2/h3-9,24H,10H2,1-2H3;1-2H3. The third-order valence-electron chi connectivity index (χ3n) is 4.02. The van der Waals surface area contributed by atoms with Crippen LogP contribution >= 0.6 is 11.3 Å². The largest absolute Gasteiger partial charge is 0.443 e. The quantitative estimate of drug-likeness (QED) is 0.459. The number of thiazole rings is 1. The molecule has 0 saturated carbocycles. The van der Waals surface area contributed by atoms with E-state index in [1.807, 2.05) is 26.8 Å². The van der Waals surface area contributed by atoms with Crippen molar-refractivity contribution in [3.8, 4) is 11.3 Å². The summed E-state index contributed by atoms with van der Waals surface area (Å²) in [4.78, 5) is 4.24. The molecule has 0 aliphatic carbocycles. The number of nitrogens with one attached hydrogen (secondary N) is 1. The minimum atomic E-state index is -4.44. The monoisotopic (exact) mass is 410 g/mol. The second kappa shape index (κ2) is 9.19. The van der Waals surface area contributed by atoms with E-state index in [-0.39, 0.29) is 5.82 Å². The Morgan fingerprint density at radius 2 is 1.64 bits per heavy atom. The number of aryl methyl sites for hydroxylation is 2. The number of halogens is 4. The van der Waals surface area contributed by atoms with Gasteiger partial charge in [0.1, 0.15) is 5.82 Å². The van der Waals surface area contributed by atoms with Crippen LogP contribution in [0.2, 0.25) is 0 Å². The van der Waals surface area contributed by atoms with Crippen LogP contribution in [0, 0.1) is 19.7 Å². The summed E-state index contributed by atoms with van der Waals surface area (Å²) in [6, 6.07) is 11.8. The SMILES string of the molecule is CC.Cc1cccc(F)c1CNc1ccc(-c2nc(C(F)(F)F)sc2C)cc1. The number of rotatable bonds is 4. The fraction of sp³-hybridized carbons (Fsp3) is 0.286. The van der Waals surface area contributed by atoms with Gasteiger partial charge in [0.15, 0.2) is 5.01 Å². The van der Waals surface area contributed by atoms with Gasteiger partial charge in [0.05, 0.1) is 5.69 Å². The van der Waals surface area contributed by atoms with Crippen molar-refractivity contribution in [2.75, 3.05) is 5.32 Å². The van der Waals surface area contributed by atoms with Crippen LogP contribution in [0.15, 0.2) is 42.5 Å². The molecule has 1 heterocycles. The number of nitrogens with zero attached hydrogens (tertiary/aromatic N) is 1. The van der Waals surface area contributed by atoms with Crippen LogP contribution in [-0.4, -0.2) is 4.98 Å². The van der Waals surface area contributed by atoms with E-state index < -0.39 is 11.2 Å². The number of aromatic nitrogens is 1. The summed E-state index contributed by atoms with van der Waals surface area (Å²) in [5.41, 5.74) is 3.13. The molecule has 0 aliphatic heterocycles. The van der Waals surface area contributed by atoms with E-state index in [2.05, 4.69) is 10.3 Å². The first-order chi connectivity index (χ1) is 13.3. The molecule has 0 fully saturated rings. The van der Waals surface area contributed by atoms with Gasteiger partial charge < -0.3 is 5.32 Å². The molecular formula is C21H22F4N2S. The molecule has 3 aromatic rings.